The van der Waals surface area contributed by atoms with Crippen LogP contribution < -0.4 is 4.74 Å². The third-order valence-corrected chi connectivity index (χ3v) is 4.47. The zero-order chi connectivity index (χ0) is 17.6. The smallest absolute Gasteiger partial charge is 0.266 e. The number of rotatable bonds is 5. The summed E-state index contributed by atoms with van der Waals surface area (Å²) in [6.45, 7) is 4.08. The number of amides is 1. The van der Waals surface area contributed by atoms with Crippen molar-refractivity contribution in [2.24, 2.45) is 4.99 Å². The highest BCUT2D eigenvalue weighted by Crippen LogP contribution is 2.32. The molecule has 0 spiro atoms. The number of thioether (sulfide) groups is 1. The fourth-order valence-corrected chi connectivity index (χ4v) is 3.11. The summed E-state index contributed by atoms with van der Waals surface area (Å²) in [5, 5.41) is 0.612. The second kappa shape index (κ2) is 7.81. The van der Waals surface area contributed by atoms with Gasteiger partial charge in [0.2, 0.25) is 0 Å². The SMILES string of the molecule is C=CCOc1ccc(/C=C2\S/C(=N/c3ccccn3)N(C)C2=O)cc1. The number of hydrogen-bond donors (Lipinski definition) is 0. The first-order valence-electron chi connectivity index (χ1n) is 7.68. The fraction of sp³-hybridized carbons (Fsp3) is 0.105. The Labute approximate surface area is 150 Å². The molecule has 1 saturated heterocycles. The maximum atomic E-state index is 12.4. The second-order valence-electron chi connectivity index (χ2n) is 5.23. The van der Waals surface area contributed by atoms with Crippen molar-refractivity contribution < 1.29 is 9.53 Å². The van der Waals surface area contributed by atoms with Gasteiger partial charge in [-0.2, -0.15) is 0 Å². The summed E-state index contributed by atoms with van der Waals surface area (Å²) in [6.07, 6.45) is 5.22. The zero-order valence-electron chi connectivity index (χ0n) is 13.8. The highest BCUT2D eigenvalue weighted by molar-refractivity contribution is 8.18. The molecule has 0 aliphatic carbocycles. The molecule has 1 fully saturated rings. The lowest BCUT2D eigenvalue weighted by Crippen LogP contribution is -2.23. The molecular weight excluding hydrogens is 334 g/mol. The van der Waals surface area contributed by atoms with E-state index in [2.05, 4.69) is 16.6 Å². The quantitative estimate of drug-likeness (QED) is 0.606. The van der Waals surface area contributed by atoms with Crippen molar-refractivity contribution in [3.05, 3.63) is 71.8 Å². The molecule has 25 heavy (non-hydrogen) atoms. The number of carbonyl (C=O) groups excluding carboxylic acids is 1. The fourth-order valence-electron chi connectivity index (χ4n) is 2.14. The normalized spacial score (nSPS) is 17.3. The molecule has 0 N–H and O–H groups in total. The van der Waals surface area contributed by atoms with Crippen molar-refractivity contribution in [2.45, 2.75) is 0 Å². The molecule has 1 aliphatic heterocycles. The van der Waals surface area contributed by atoms with E-state index in [4.69, 9.17) is 4.74 Å². The van der Waals surface area contributed by atoms with Gasteiger partial charge in [-0.05, 0) is 47.7 Å². The van der Waals surface area contributed by atoms with Gasteiger partial charge in [-0.15, -0.1) is 0 Å². The van der Waals surface area contributed by atoms with Crippen LogP contribution in [0.25, 0.3) is 6.08 Å². The van der Waals surface area contributed by atoms with E-state index in [-0.39, 0.29) is 5.91 Å². The molecule has 1 aromatic heterocycles. The number of nitrogens with zero attached hydrogens (tertiary/aromatic N) is 3. The topological polar surface area (TPSA) is 54.8 Å². The van der Waals surface area contributed by atoms with E-state index in [1.165, 1.54) is 16.7 Å². The summed E-state index contributed by atoms with van der Waals surface area (Å²) >= 11 is 1.34. The minimum atomic E-state index is -0.0772. The van der Waals surface area contributed by atoms with Crippen molar-refractivity contribution in [1.82, 2.24) is 9.88 Å². The molecule has 126 valence electrons. The predicted molar refractivity (Wildman–Crippen MR) is 102 cm³/mol. The zero-order valence-corrected chi connectivity index (χ0v) is 14.6. The van der Waals surface area contributed by atoms with Crippen LogP contribution in [-0.2, 0) is 4.79 Å². The summed E-state index contributed by atoms with van der Waals surface area (Å²) in [5.41, 5.74) is 0.925. The van der Waals surface area contributed by atoms with Crippen molar-refractivity contribution in [2.75, 3.05) is 13.7 Å². The molecule has 2 aromatic rings. The minimum absolute atomic E-state index is 0.0772. The van der Waals surface area contributed by atoms with Crippen LogP contribution in [0.2, 0.25) is 0 Å². The van der Waals surface area contributed by atoms with Crippen molar-refractivity contribution in [3.63, 3.8) is 0 Å². The number of hydrogen-bond acceptors (Lipinski definition) is 5. The number of ether oxygens (including phenoxy) is 1. The van der Waals surface area contributed by atoms with Crippen LogP contribution in [0.1, 0.15) is 5.56 Å². The van der Waals surface area contributed by atoms with E-state index in [9.17, 15) is 4.79 Å². The summed E-state index contributed by atoms with van der Waals surface area (Å²) in [7, 11) is 1.71. The molecule has 0 unspecified atom stereocenters. The Morgan fingerprint density at radius 1 is 1.28 bits per heavy atom. The summed E-state index contributed by atoms with van der Waals surface area (Å²) in [6, 6.07) is 13.0. The highest BCUT2D eigenvalue weighted by atomic mass is 32.2. The van der Waals surface area contributed by atoms with Crippen LogP contribution in [0.5, 0.6) is 5.75 Å². The van der Waals surface area contributed by atoms with Crippen LogP contribution in [0, 0.1) is 0 Å². The van der Waals surface area contributed by atoms with Gasteiger partial charge >= 0.3 is 0 Å². The Kier molecular flexibility index (Phi) is 5.30. The lowest BCUT2D eigenvalue weighted by Gasteiger charge is -2.06. The van der Waals surface area contributed by atoms with Crippen molar-refractivity contribution in [3.8, 4) is 5.75 Å². The van der Waals surface area contributed by atoms with Gasteiger partial charge in [-0.1, -0.05) is 30.9 Å². The number of benzene rings is 1. The third kappa shape index (κ3) is 4.16. The van der Waals surface area contributed by atoms with Gasteiger partial charge in [0.25, 0.3) is 5.91 Å². The van der Waals surface area contributed by atoms with E-state index in [1.54, 1.807) is 25.4 Å². The molecule has 0 bridgehead atoms. The van der Waals surface area contributed by atoms with E-state index < -0.39 is 0 Å². The third-order valence-electron chi connectivity index (χ3n) is 3.41. The Morgan fingerprint density at radius 2 is 2.08 bits per heavy atom. The van der Waals surface area contributed by atoms with Gasteiger partial charge in [-0.25, -0.2) is 9.98 Å². The first-order valence-corrected chi connectivity index (χ1v) is 8.50. The number of aromatic nitrogens is 1. The van der Waals surface area contributed by atoms with Gasteiger partial charge in [0, 0.05) is 13.2 Å². The number of pyridine rings is 1. The van der Waals surface area contributed by atoms with Gasteiger partial charge in [-0.3, -0.25) is 9.69 Å². The van der Waals surface area contributed by atoms with Gasteiger partial charge < -0.3 is 4.74 Å². The van der Waals surface area contributed by atoms with Gasteiger partial charge in [0.05, 0.1) is 4.91 Å². The summed E-state index contributed by atoms with van der Waals surface area (Å²) in [5.74, 6) is 1.27. The Morgan fingerprint density at radius 3 is 2.76 bits per heavy atom. The first kappa shape index (κ1) is 17.0. The van der Waals surface area contributed by atoms with Crippen LogP contribution in [0.4, 0.5) is 5.82 Å². The molecule has 0 atom stereocenters. The van der Waals surface area contributed by atoms with Crippen LogP contribution >= 0.6 is 11.8 Å². The van der Waals surface area contributed by atoms with E-state index in [0.717, 1.165) is 11.3 Å². The predicted octanol–water partition coefficient (Wildman–Crippen LogP) is 3.88. The number of likely N-dealkylation sites (N-methyl/N-ethyl adjacent to an activating group) is 1. The Bertz CT molecular complexity index is 830. The average molecular weight is 351 g/mol. The summed E-state index contributed by atoms with van der Waals surface area (Å²) in [4.78, 5) is 23.2. The Hall–Kier alpha value is -2.86. The highest BCUT2D eigenvalue weighted by Gasteiger charge is 2.30. The maximum Gasteiger partial charge on any atom is 0.266 e. The second-order valence-corrected chi connectivity index (χ2v) is 6.23. The molecule has 1 aliphatic rings. The average Bonchev–Trinajstić information content (AvgIpc) is 2.90. The monoisotopic (exact) mass is 351 g/mol. The maximum absolute atomic E-state index is 12.4. The molecule has 5 nitrogen and oxygen atoms in total. The molecule has 1 amide bonds. The number of amidine groups is 1. The van der Waals surface area contributed by atoms with E-state index in [1.807, 2.05) is 42.5 Å². The molecule has 3 rings (SSSR count). The van der Waals surface area contributed by atoms with Crippen LogP contribution in [0.3, 0.4) is 0 Å². The molecule has 0 radical (unpaired) electrons. The standard InChI is InChI=1S/C19H17N3O2S/c1-3-12-24-15-9-7-14(8-10-15)13-16-18(23)22(2)19(25-16)21-17-6-4-5-11-20-17/h3-11,13H,1,12H2,2H3/b16-13-,21-19+. The minimum Gasteiger partial charge on any atom is -0.490 e. The number of carbonyl (C=O) groups is 1. The van der Waals surface area contributed by atoms with Crippen LogP contribution in [0.15, 0.2) is 71.2 Å². The number of aliphatic imine (C=N–C) groups is 1. The lowest BCUT2D eigenvalue weighted by molar-refractivity contribution is -0.121. The molecular formula is C19H17N3O2S. The molecule has 2 heterocycles. The molecule has 6 heteroatoms. The van der Waals surface area contributed by atoms with Crippen molar-refractivity contribution in [1.29, 1.82) is 0 Å². The Balaban J connectivity index is 1.78. The molecule has 0 saturated carbocycles. The summed E-state index contributed by atoms with van der Waals surface area (Å²) < 4.78 is 5.46. The molecule has 1 aromatic carbocycles. The van der Waals surface area contributed by atoms with Gasteiger partial charge in [0.15, 0.2) is 11.0 Å². The largest absolute Gasteiger partial charge is 0.490 e. The van der Waals surface area contributed by atoms with E-state index in [0.29, 0.717) is 22.5 Å². The van der Waals surface area contributed by atoms with E-state index >= 15 is 0 Å². The lowest BCUT2D eigenvalue weighted by atomic mass is 10.2. The van der Waals surface area contributed by atoms with Crippen LogP contribution in [-0.4, -0.2) is 34.6 Å². The first-order chi connectivity index (χ1) is 12.2. The van der Waals surface area contributed by atoms with Gasteiger partial charge in [0.1, 0.15) is 12.4 Å². The van der Waals surface area contributed by atoms with Crippen molar-refractivity contribution >= 4 is 34.7 Å².